The summed E-state index contributed by atoms with van der Waals surface area (Å²) in [5.41, 5.74) is 0. The highest BCUT2D eigenvalue weighted by Crippen LogP contribution is 1.90. The van der Waals surface area contributed by atoms with Gasteiger partial charge < -0.3 is 5.11 Å². The Morgan fingerprint density at radius 1 is 1.50 bits per heavy atom. The van der Waals surface area contributed by atoms with E-state index in [1.54, 1.807) is 0 Å². The second-order valence-electron chi connectivity index (χ2n) is 0.676. The van der Waals surface area contributed by atoms with Gasteiger partial charge in [0.2, 0.25) is 0 Å². The van der Waals surface area contributed by atoms with E-state index in [2.05, 4.69) is 0 Å². The smallest absolute Gasteiger partial charge is 0.260 e. The van der Waals surface area contributed by atoms with E-state index in [1.807, 2.05) is 0 Å². The summed E-state index contributed by atoms with van der Waals surface area (Å²) in [6.07, 6.45) is -1.82. The van der Waals surface area contributed by atoms with Gasteiger partial charge in [0.25, 0.3) is 6.43 Å². The van der Waals surface area contributed by atoms with E-state index in [4.69, 9.17) is 5.11 Å². The van der Waals surface area contributed by atoms with Crippen molar-refractivity contribution in [1.82, 2.24) is 0 Å². The lowest BCUT2D eigenvalue weighted by molar-refractivity contribution is 0.200. The second-order valence-corrected chi connectivity index (χ2v) is 0.676. The number of halogens is 2. The Labute approximate surface area is 33.9 Å². The van der Waals surface area contributed by atoms with Crippen LogP contribution in [0.1, 0.15) is 0 Å². The van der Waals surface area contributed by atoms with Gasteiger partial charge in [0, 0.05) is 6.08 Å². The topological polar surface area (TPSA) is 20.2 Å². The molecule has 0 saturated carbocycles. The molecule has 0 aliphatic carbocycles. The summed E-state index contributed by atoms with van der Waals surface area (Å²) in [7, 11) is 0. The van der Waals surface area contributed by atoms with Crippen molar-refractivity contribution >= 4 is 0 Å². The Bertz CT molecular complexity index is 50.8. The molecule has 0 heterocycles. The number of alkyl halides is 2. The Morgan fingerprint density at radius 2 is 2.00 bits per heavy atom. The van der Waals surface area contributed by atoms with Crippen LogP contribution in [-0.4, -0.2) is 11.5 Å². The van der Waals surface area contributed by atoms with Gasteiger partial charge >= 0.3 is 0 Å². The molecule has 0 atom stereocenters. The van der Waals surface area contributed by atoms with Gasteiger partial charge in [0.1, 0.15) is 0 Å². The van der Waals surface area contributed by atoms with Gasteiger partial charge in [0.05, 0.1) is 6.26 Å². The third kappa shape index (κ3) is 3.40. The fourth-order valence-electron chi connectivity index (χ4n) is 0.0651. The highest BCUT2D eigenvalue weighted by Gasteiger charge is 1.88. The van der Waals surface area contributed by atoms with Crippen molar-refractivity contribution in [2.45, 2.75) is 6.43 Å². The Morgan fingerprint density at radius 3 is 2.00 bits per heavy atom. The van der Waals surface area contributed by atoms with Crippen LogP contribution in [0, 0.1) is 0 Å². The monoisotopic (exact) mass is 94.0 g/mol. The molecule has 0 spiro atoms. The van der Waals surface area contributed by atoms with Gasteiger partial charge in [-0.15, -0.1) is 0 Å². The third-order valence-electron chi connectivity index (χ3n) is 0.232. The van der Waals surface area contributed by atoms with E-state index < -0.39 is 6.43 Å². The predicted molar refractivity (Wildman–Crippen MR) is 17.8 cm³/mol. The highest BCUT2D eigenvalue weighted by molar-refractivity contribution is 4.73. The van der Waals surface area contributed by atoms with Crippen LogP contribution in [0.2, 0.25) is 0 Å². The van der Waals surface area contributed by atoms with Gasteiger partial charge in [-0.3, -0.25) is 0 Å². The zero-order chi connectivity index (χ0) is 4.99. The minimum absolute atomic E-state index is 0.324. The molecule has 0 aromatic rings. The molecule has 0 rings (SSSR count). The van der Waals surface area contributed by atoms with E-state index in [0.717, 1.165) is 0 Å². The van der Waals surface area contributed by atoms with E-state index in [1.165, 1.54) is 0 Å². The fourth-order valence-corrected chi connectivity index (χ4v) is 0.0651. The van der Waals surface area contributed by atoms with Crippen LogP contribution in [0.25, 0.3) is 0 Å². The first kappa shape index (κ1) is 5.40. The zero-order valence-electron chi connectivity index (χ0n) is 2.94. The van der Waals surface area contributed by atoms with Crippen LogP contribution in [0.5, 0.6) is 0 Å². The lowest BCUT2D eigenvalue weighted by Crippen LogP contribution is -1.77. The first-order valence-electron chi connectivity index (χ1n) is 1.36. The van der Waals surface area contributed by atoms with E-state index in [0.29, 0.717) is 12.3 Å². The maximum atomic E-state index is 10.8. The molecule has 0 unspecified atom stereocenters. The number of allylic oxidation sites excluding steroid dienone is 1. The summed E-state index contributed by atoms with van der Waals surface area (Å²) in [6.45, 7) is 0. The molecule has 3 heteroatoms. The normalized spacial score (nSPS) is 11.2. The summed E-state index contributed by atoms with van der Waals surface area (Å²) in [5.74, 6) is 0. The quantitative estimate of drug-likeness (QED) is 0.486. The first-order chi connectivity index (χ1) is 2.77. The Hall–Kier alpha value is -0.600. The maximum absolute atomic E-state index is 10.8. The molecule has 0 bridgehead atoms. The molecule has 0 radical (unpaired) electrons. The summed E-state index contributed by atoms with van der Waals surface area (Å²) < 4.78 is 21.6. The molecule has 0 aliphatic heterocycles. The molecule has 0 aromatic carbocycles. The number of hydrogen-bond acceptors (Lipinski definition) is 1. The van der Waals surface area contributed by atoms with Crippen molar-refractivity contribution < 1.29 is 13.9 Å². The van der Waals surface area contributed by atoms with E-state index >= 15 is 0 Å². The van der Waals surface area contributed by atoms with Crippen molar-refractivity contribution in [2.75, 3.05) is 0 Å². The molecule has 36 valence electrons. The van der Waals surface area contributed by atoms with E-state index in [-0.39, 0.29) is 0 Å². The van der Waals surface area contributed by atoms with Crippen molar-refractivity contribution in [3.8, 4) is 0 Å². The van der Waals surface area contributed by atoms with Crippen LogP contribution < -0.4 is 0 Å². The predicted octanol–water partition coefficient (Wildman–Crippen LogP) is 1.32. The number of rotatable bonds is 1. The molecule has 1 nitrogen and oxygen atoms in total. The van der Waals surface area contributed by atoms with Gasteiger partial charge in [-0.1, -0.05) is 0 Å². The molecular weight excluding hydrogens is 90.0 g/mol. The number of aliphatic hydroxyl groups excluding tert-OH is 1. The fraction of sp³-hybridized carbons (Fsp3) is 0.333. The zero-order valence-corrected chi connectivity index (χ0v) is 2.94. The molecule has 0 aliphatic rings. The van der Waals surface area contributed by atoms with E-state index in [9.17, 15) is 8.78 Å². The molecule has 0 aromatic heterocycles. The summed E-state index contributed by atoms with van der Waals surface area (Å²) in [5, 5.41) is 7.58. The number of hydrogen-bond donors (Lipinski definition) is 1. The van der Waals surface area contributed by atoms with Crippen LogP contribution in [0.3, 0.4) is 0 Å². The summed E-state index contributed by atoms with van der Waals surface area (Å²) >= 11 is 0. The maximum Gasteiger partial charge on any atom is 0.260 e. The van der Waals surface area contributed by atoms with Gasteiger partial charge in [0.15, 0.2) is 0 Å². The molecule has 0 fully saturated rings. The van der Waals surface area contributed by atoms with Gasteiger partial charge in [-0.2, -0.15) is 0 Å². The lowest BCUT2D eigenvalue weighted by Gasteiger charge is -1.77. The number of aliphatic hydroxyl groups is 1. The lowest BCUT2D eigenvalue weighted by atomic mass is 10.7. The van der Waals surface area contributed by atoms with Crippen LogP contribution >= 0.6 is 0 Å². The largest absolute Gasteiger partial charge is 0.516 e. The van der Waals surface area contributed by atoms with Crippen LogP contribution in [0.4, 0.5) is 8.78 Å². The molecule has 1 N–H and O–H groups in total. The minimum atomic E-state index is -2.53. The summed E-state index contributed by atoms with van der Waals surface area (Å²) in [6, 6.07) is 0. The summed E-state index contributed by atoms with van der Waals surface area (Å²) in [4.78, 5) is 0. The highest BCUT2D eigenvalue weighted by atomic mass is 19.3. The average molecular weight is 94.1 g/mol. The van der Waals surface area contributed by atoms with Crippen molar-refractivity contribution in [2.24, 2.45) is 0 Å². The second kappa shape index (κ2) is 2.63. The molecule has 6 heavy (non-hydrogen) atoms. The minimum Gasteiger partial charge on any atom is -0.516 e. The SMILES string of the molecule is O/C=C\C(F)F. The molecular formula is C3H4F2O. The molecule has 0 saturated heterocycles. The van der Waals surface area contributed by atoms with Crippen LogP contribution in [-0.2, 0) is 0 Å². The molecule has 0 amide bonds. The van der Waals surface area contributed by atoms with Gasteiger partial charge in [-0.25, -0.2) is 8.78 Å². The van der Waals surface area contributed by atoms with Crippen molar-refractivity contribution in [1.29, 1.82) is 0 Å². The van der Waals surface area contributed by atoms with Gasteiger partial charge in [-0.05, 0) is 0 Å². The third-order valence-corrected chi connectivity index (χ3v) is 0.232. The van der Waals surface area contributed by atoms with Crippen LogP contribution in [0.15, 0.2) is 12.3 Å². The Balaban J connectivity index is 3.03. The van der Waals surface area contributed by atoms with Crippen molar-refractivity contribution in [3.63, 3.8) is 0 Å². The van der Waals surface area contributed by atoms with Crippen molar-refractivity contribution in [3.05, 3.63) is 12.3 Å². The average Bonchev–Trinajstić information content (AvgIpc) is 1.35. The first-order valence-corrected chi connectivity index (χ1v) is 1.36. The Kier molecular flexibility index (Phi) is 2.36. The standard InChI is InChI=1S/C3H4F2O/c4-3(5)1-2-6/h1-3,6H/b2-1-.